The molecular weight excluding hydrogens is 264 g/mol. The minimum atomic E-state index is -0.486. The zero-order valence-electron chi connectivity index (χ0n) is 11.8. The van der Waals surface area contributed by atoms with Crippen LogP contribution in [0.4, 0.5) is 0 Å². The summed E-state index contributed by atoms with van der Waals surface area (Å²) in [5.74, 6) is 0. The lowest BCUT2D eigenvalue weighted by Gasteiger charge is -2.18. The van der Waals surface area contributed by atoms with E-state index in [0.29, 0.717) is 46.2 Å². The maximum Gasteiger partial charge on any atom is 0.181 e. The third-order valence-corrected chi connectivity index (χ3v) is 1.96. The van der Waals surface area contributed by atoms with E-state index < -0.39 is 6.29 Å². The van der Waals surface area contributed by atoms with Crippen molar-refractivity contribution in [1.82, 2.24) is 0 Å². The Morgan fingerprint density at radius 3 is 1.55 bits per heavy atom. The standard InChI is InChI=1S/C14H24O6/c1-4-15-7-8-18-13-14(19-11-9-16-5-2)20-12-10-17-6-3/h4-6,14H,1-3,7-13H2. The minimum Gasteiger partial charge on any atom is -0.499 e. The van der Waals surface area contributed by atoms with Gasteiger partial charge in [0.15, 0.2) is 6.29 Å². The fourth-order valence-electron chi connectivity index (χ4n) is 1.14. The van der Waals surface area contributed by atoms with Crippen molar-refractivity contribution >= 4 is 0 Å². The summed E-state index contributed by atoms with van der Waals surface area (Å²) in [5, 5.41) is 0. The van der Waals surface area contributed by atoms with Crippen LogP contribution in [-0.4, -0.2) is 52.5 Å². The fraction of sp³-hybridized carbons (Fsp3) is 0.571. The van der Waals surface area contributed by atoms with Gasteiger partial charge in [0, 0.05) is 0 Å². The molecular formula is C14H24O6. The van der Waals surface area contributed by atoms with Crippen molar-refractivity contribution in [2.45, 2.75) is 6.29 Å². The number of ether oxygens (including phenoxy) is 6. The van der Waals surface area contributed by atoms with Gasteiger partial charge in [-0.05, 0) is 0 Å². The molecule has 0 bridgehead atoms. The van der Waals surface area contributed by atoms with Crippen LogP contribution in [0.5, 0.6) is 0 Å². The van der Waals surface area contributed by atoms with Gasteiger partial charge in [-0.3, -0.25) is 0 Å². The lowest BCUT2D eigenvalue weighted by atomic mass is 10.6. The van der Waals surface area contributed by atoms with Crippen LogP contribution >= 0.6 is 0 Å². The third-order valence-electron chi connectivity index (χ3n) is 1.96. The van der Waals surface area contributed by atoms with Gasteiger partial charge in [-0.25, -0.2) is 0 Å². The zero-order valence-corrected chi connectivity index (χ0v) is 11.8. The molecule has 0 aromatic rings. The molecule has 0 unspecified atom stereocenters. The molecule has 0 amide bonds. The Bertz CT molecular complexity index is 228. The number of hydrogen-bond donors (Lipinski definition) is 0. The van der Waals surface area contributed by atoms with Gasteiger partial charge in [-0.2, -0.15) is 0 Å². The first-order chi connectivity index (χ1) is 9.85. The Kier molecular flexibility index (Phi) is 14.4. The first-order valence-electron chi connectivity index (χ1n) is 6.33. The van der Waals surface area contributed by atoms with Gasteiger partial charge < -0.3 is 28.4 Å². The second kappa shape index (κ2) is 15.6. The van der Waals surface area contributed by atoms with Crippen LogP contribution in [0.15, 0.2) is 38.5 Å². The highest BCUT2D eigenvalue weighted by atomic mass is 16.7. The fourth-order valence-corrected chi connectivity index (χ4v) is 1.14. The van der Waals surface area contributed by atoms with E-state index in [-0.39, 0.29) is 0 Å². The van der Waals surface area contributed by atoms with Gasteiger partial charge >= 0.3 is 0 Å². The van der Waals surface area contributed by atoms with E-state index in [9.17, 15) is 0 Å². The van der Waals surface area contributed by atoms with Gasteiger partial charge in [0.1, 0.15) is 19.8 Å². The average Bonchev–Trinajstić information content (AvgIpc) is 2.47. The summed E-state index contributed by atoms with van der Waals surface area (Å²) in [6.45, 7) is 13.1. The molecule has 0 saturated carbocycles. The second-order valence-electron chi connectivity index (χ2n) is 3.36. The summed E-state index contributed by atoms with van der Waals surface area (Å²) in [6.07, 6.45) is 3.61. The van der Waals surface area contributed by atoms with E-state index in [4.69, 9.17) is 28.4 Å². The van der Waals surface area contributed by atoms with Crippen LogP contribution in [-0.2, 0) is 28.4 Å². The lowest BCUT2D eigenvalue weighted by Crippen LogP contribution is -2.27. The second-order valence-corrected chi connectivity index (χ2v) is 3.36. The molecule has 0 rings (SSSR count). The average molecular weight is 288 g/mol. The van der Waals surface area contributed by atoms with Crippen molar-refractivity contribution in [3.8, 4) is 0 Å². The number of hydrogen-bond acceptors (Lipinski definition) is 6. The van der Waals surface area contributed by atoms with Gasteiger partial charge in [0.25, 0.3) is 0 Å². The van der Waals surface area contributed by atoms with Crippen molar-refractivity contribution in [3.05, 3.63) is 38.5 Å². The maximum atomic E-state index is 5.47. The molecule has 0 aliphatic heterocycles. The summed E-state index contributed by atoms with van der Waals surface area (Å²) in [6, 6.07) is 0. The topological polar surface area (TPSA) is 55.4 Å². The quantitative estimate of drug-likeness (QED) is 0.245. The summed E-state index contributed by atoms with van der Waals surface area (Å²) in [7, 11) is 0. The Morgan fingerprint density at radius 2 is 1.10 bits per heavy atom. The van der Waals surface area contributed by atoms with E-state index in [1.54, 1.807) is 0 Å². The van der Waals surface area contributed by atoms with Gasteiger partial charge in [-0.15, -0.1) is 0 Å². The highest BCUT2D eigenvalue weighted by Gasteiger charge is 2.09. The van der Waals surface area contributed by atoms with Crippen LogP contribution in [0.3, 0.4) is 0 Å². The van der Waals surface area contributed by atoms with Crippen LogP contribution in [0.1, 0.15) is 0 Å². The molecule has 0 radical (unpaired) electrons. The van der Waals surface area contributed by atoms with Gasteiger partial charge in [0.05, 0.1) is 45.2 Å². The van der Waals surface area contributed by atoms with E-state index in [1.807, 2.05) is 0 Å². The van der Waals surface area contributed by atoms with Crippen molar-refractivity contribution in [1.29, 1.82) is 0 Å². The Balaban J connectivity index is 3.74. The molecule has 0 spiro atoms. The predicted octanol–water partition coefficient (Wildman–Crippen LogP) is 1.84. The molecule has 6 nitrogen and oxygen atoms in total. The molecule has 0 N–H and O–H groups in total. The molecule has 0 atom stereocenters. The van der Waals surface area contributed by atoms with Crippen LogP contribution in [0.2, 0.25) is 0 Å². The largest absolute Gasteiger partial charge is 0.499 e. The summed E-state index contributed by atoms with van der Waals surface area (Å²) >= 11 is 0. The zero-order chi connectivity index (χ0) is 14.9. The molecule has 0 saturated heterocycles. The first kappa shape index (κ1) is 18.5. The van der Waals surface area contributed by atoms with Crippen molar-refractivity contribution in [2.75, 3.05) is 46.2 Å². The van der Waals surface area contributed by atoms with Crippen LogP contribution < -0.4 is 0 Å². The van der Waals surface area contributed by atoms with Crippen LogP contribution in [0, 0.1) is 0 Å². The third kappa shape index (κ3) is 12.9. The van der Waals surface area contributed by atoms with Crippen molar-refractivity contribution in [3.63, 3.8) is 0 Å². The van der Waals surface area contributed by atoms with Crippen molar-refractivity contribution in [2.24, 2.45) is 0 Å². The maximum absolute atomic E-state index is 5.47. The van der Waals surface area contributed by atoms with Crippen LogP contribution in [0.25, 0.3) is 0 Å². The summed E-state index contributed by atoms with van der Waals surface area (Å²) in [4.78, 5) is 0. The number of rotatable bonds is 16. The highest BCUT2D eigenvalue weighted by Crippen LogP contribution is 1.98. The normalized spacial score (nSPS) is 10.1. The lowest BCUT2D eigenvalue weighted by molar-refractivity contribution is -0.181. The van der Waals surface area contributed by atoms with E-state index in [1.165, 1.54) is 18.8 Å². The molecule has 20 heavy (non-hydrogen) atoms. The molecule has 0 aliphatic carbocycles. The van der Waals surface area contributed by atoms with E-state index in [0.717, 1.165) is 0 Å². The molecule has 6 heteroatoms. The molecule has 0 heterocycles. The molecule has 116 valence electrons. The van der Waals surface area contributed by atoms with Gasteiger partial charge in [0.2, 0.25) is 0 Å². The smallest absolute Gasteiger partial charge is 0.181 e. The Morgan fingerprint density at radius 1 is 0.650 bits per heavy atom. The Hall–Kier alpha value is -1.50. The monoisotopic (exact) mass is 288 g/mol. The van der Waals surface area contributed by atoms with E-state index >= 15 is 0 Å². The van der Waals surface area contributed by atoms with E-state index in [2.05, 4.69) is 19.7 Å². The molecule has 0 aliphatic rings. The minimum absolute atomic E-state index is 0.294. The summed E-state index contributed by atoms with van der Waals surface area (Å²) in [5.41, 5.74) is 0. The summed E-state index contributed by atoms with van der Waals surface area (Å²) < 4.78 is 31.2. The molecule has 0 fully saturated rings. The van der Waals surface area contributed by atoms with Gasteiger partial charge in [-0.1, -0.05) is 19.7 Å². The predicted molar refractivity (Wildman–Crippen MR) is 75.0 cm³/mol. The van der Waals surface area contributed by atoms with Crippen molar-refractivity contribution < 1.29 is 28.4 Å². The highest BCUT2D eigenvalue weighted by molar-refractivity contribution is 4.51. The SMILES string of the molecule is C=COCCOCC(OCCOC=C)OCCOC=C. The first-order valence-corrected chi connectivity index (χ1v) is 6.33. The molecule has 0 aromatic heterocycles. The molecule has 0 aromatic carbocycles. The Labute approximate surface area is 120 Å².